The molecule has 0 amide bonds. The van der Waals surface area contributed by atoms with Gasteiger partial charge in [0.2, 0.25) is 0 Å². The smallest absolute Gasteiger partial charge is 0.303 e. The van der Waals surface area contributed by atoms with E-state index in [0.717, 1.165) is 30.0 Å². The molecule has 0 bridgehead atoms. The van der Waals surface area contributed by atoms with Crippen LogP contribution in [0.2, 0.25) is 0 Å². The van der Waals surface area contributed by atoms with Gasteiger partial charge in [0.05, 0.1) is 10.7 Å². The number of aryl methyl sites for hydroxylation is 1. The molecule has 1 atom stereocenters. The highest BCUT2D eigenvalue weighted by molar-refractivity contribution is 7.09. The van der Waals surface area contributed by atoms with Gasteiger partial charge in [-0.25, -0.2) is 4.98 Å². The first kappa shape index (κ1) is 22.6. The summed E-state index contributed by atoms with van der Waals surface area (Å²) in [7, 11) is 0. The minimum Gasteiger partial charge on any atom is -0.481 e. The van der Waals surface area contributed by atoms with Crippen LogP contribution in [0.1, 0.15) is 93.7 Å². The fraction of sp³-hybridized carbons (Fsp3) is 0.667. The van der Waals surface area contributed by atoms with Crippen LogP contribution in [0.3, 0.4) is 0 Å². The van der Waals surface area contributed by atoms with E-state index in [2.05, 4.69) is 16.9 Å². The van der Waals surface area contributed by atoms with E-state index >= 15 is 0 Å². The van der Waals surface area contributed by atoms with E-state index in [1.54, 1.807) is 11.3 Å². The molecule has 0 aliphatic rings. The summed E-state index contributed by atoms with van der Waals surface area (Å²) < 4.78 is 0. The second-order valence-electron chi connectivity index (χ2n) is 6.97. The van der Waals surface area contributed by atoms with Gasteiger partial charge in [-0.3, -0.25) is 9.59 Å². The zero-order valence-electron chi connectivity index (χ0n) is 16.0. The number of hydrogen-bond donors (Lipinski definition) is 1. The quantitative estimate of drug-likeness (QED) is 0.280. The van der Waals surface area contributed by atoms with Crippen LogP contribution >= 0.6 is 11.3 Å². The van der Waals surface area contributed by atoms with Crippen LogP contribution in [-0.4, -0.2) is 21.8 Å². The van der Waals surface area contributed by atoms with Crippen molar-refractivity contribution in [2.24, 2.45) is 0 Å². The molecular weight excluding hydrogens is 346 g/mol. The van der Waals surface area contributed by atoms with Gasteiger partial charge < -0.3 is 5.11 Å². The van der Waals surface area contributed by atoms with Crippen molar-refractivity contribution in [1.29, 1.82) is 0 Å². The summed E-state index contributed by atoms with van der Waals surface area (Å²) in [6.45, 7) is 5.74. The fourth-order valence-corrected chi connectivity index (χ4v) is 3.82. The fourth-order valence-electron chi connectivity index (χ4n) is 3.12. The Labute approximate surface area is 161 Å². The Balaban J connectivity index is 2.36. The van der Waals surface area contributed by atoms with E-state index in [9.17, 15) is 9.59 Å². The molecule has 0 aromatic carbocycles. The van der Waals surface area contributed by atoms with Crippen molar-refractivity contribution >= 4 is 23.1 Å². The summed E-state index contributed by atoms with van der Waals surface area (Å²) >= 11 is 1.63. The third-order valence-electron chi connectivity index (χ3n) is 4.59. The lowest BCUT2D eigenvalue weighted by atomic mass is 9.91. The average molecular weight is 380 g/mol. The summed E-state index contributed by atoms with van der Waals surface area (Å²) in [5, 5.41) is 11.8. The van der Waals surface area contributed by atoms with Gasteiger partial charge in [-0.1, -0.05) is 38.2 Å². The molecule has 1 heterocycles. The van der Waals surface area contributed by atoms with Crippen molar-refractivity contribution in [1.82, 2.24) is 4.98 Å². The first-order valence-corrected chi connectivity index (χ1v) is 10.7. The number of aromatic nitrogens is 1. The van der Waals surface area contributed by atoms with Gasteiger partial charge in [-0.05, 0) is 32.6 Å². The minimum atomic E-state index is -0.836. The number of unbranched alkanes of at least 4 members (excludes halogenated alkanes) is 6. The van der Waals surface area contributed by atoms with Gasteiger partial charge in [0.1, 0.15) is 5.78 Å². The molecule has 1 aromatic rings. The van der Waals surface area contributed by atoms with E-state index in [-0.39, 0.29) is 18.1 Å². The number of carbonyl (C=O) groups is 2. The number of carboxylic acid groups (broad SMARTS) is 1. The molecule has 1 rings (SSSR count). The van der Waals surface area contributed by atoms with Gasteiger partial charge in [-0.15, -0.1) is 17.9 Å². The van der Waals surface area contributed by atoms with Crippen molar-refractivity contribution in [2.45, 2.75) is 89.9 Å². The van der Waals surface area contributed by atoms with Crippen LogP contribution in [0.5, 0.6) is 0 Å². The molecule has 1 unspecified atom stereocenters. The number of ketones is 1. The van der Waals surface area contributed by atoms with Gasteiger partial charge in [0.25, 0.3) is 0 Å². The molecule has 1 N–H and O–H groups in total. The van der Waals surface area contributed by atoms with E-state index in [1.807, 2.05) is 13.0 Å². The summed E-state index contributed by atoms with van der Waals surface area (Å²) in [5.41, 5.74) is 1.03. The molecule has 0 aliphatic carbocycles. The highest BCUT2D eigenvalue weighted by atomic mass is 32.1. The standard InChI is InChI=1S/C21H33NO3S/c1-3-4-5-6-7-8-9-10-12-18(20-16-26-17(2)22-20)15-19(23)13-11-14-21(24)25/h3,16,18H,1,4-15H2,2H3,(H,24,25). The number of aliphatic carboxylic acids is 1. The first-order chi connectivity index (χ1) is 12.5. The van der Waals surface area contributed by atoms with Gasteiger partial charge in [0.15, 0.2) is 0 Å². The molecule has 146 valence electrons. The van der Waals surface area contributed by atoms with Crippen molar-refractivity contribution in [3.8, 4) is 0 Å². The summed E-state index contributed by atoms with van der Waals surface area (Å²) in [6, 6.07) is 0. The number of carboxylic acids is 1. The molecule has 0 saturated carbocycles. The lowest BCUT2D eigenvalue weighted by Gasteiger charge is -2.14. The third kappa shape index (κ3) is 10.5. The van der Waals surface area contributed by atoms with Crippen LogP contribution < -0.4 is 0 Å². The van der Waals surface area contributed by atoms with E-state index in [4.69, 9.17) is 5.11 Å². The maximum atomic E-state index is 12.2. The Morgan fingerprint density at radius 1 is 1.15 bits per heavy atom. The van der Waals surface area contributed by atoms with Crippen LogP contribution in [0.25, 0.3) is 0 Å². The zero-order valence-corrected chi connectivity index (χ0v) is 16.9. The number of hydrogen-bond acceptors (Lipinski definition) is 4. The number of carbonyl (C=O) groups excluding carboxylic acids is 1. The lowest BCUT2D eigenvalue weighted by molar-refractivity contribution is -0.137. The number of thiazole rings is 1. The minimum absolute atomic E-state index is 0.0675. The van der Waals surface area contributed by atoms with Crippen molar-refractivity contribution < 1.29 is 14.7 Å². The largest absolute Gasteiger partial charge is 0.481 e. The van der Waals surface area contributed by atoms with Gasteiger partial charge >= 0.3 is 5.97 Å². The van der Waals surface area contributed by atoms with Crippen molar-refractivity contribution in [3.63, 3.8) is 0 Å². The number of rotatable bonds is 16. The zero-order chi connectivity index (χ0) is 19.2. The van der Waals surface area contributed by atoms with Crippen molar-refractivity contribution in [2.75, 3.05) is 0 Å². The highest BCUT2D eigenvalue weighted by Gasteiger charge is 2.18. The Morgan fingerprint density at radius 3 is 2.46 bits per heavy atom. The summed E-state index contributed by atoms with van der Waals surface area (Å²) in [4.78, 5) is 27.4. The predicted molar refractivity (Wildman–Crippen MR) is 108 cm³/mol. The maximum Gasteiger partial charge on any atom is 0.303 e. The molecule has 5 heteroatoms. The molecule has 4 nitrogen and oxygen atoms in total. The second-order valence-corrected chi connectivity index (χ2v) is 8.03. The molecule has 0 aliphatic heterocycles. The van der Waals surface area contributed by atoms with E-state index in [1.165, 1.54) is 32.1 Å². The summed E-state index contributed by atoms with van der Waals surface area (Å²) in [5.74, 6) is -0.498. The van der Waals surface area contributed by atoms with Crippen molar-refractivity contribution in [3.05, 3.63) is 28.7 Å². The normalized spacial score (nSPS) is 12.0. The van der Waals surface area contributed by atoms with Crippen LogP contribution in [0.15, 0.2) is 18.0 Å². The Morgan fingerprint density at radius 2 is 1.85 bits per heavy atom. The summed E-state index contributed by atoms with van der Waals surface area (Å²) in [6.07, 6.45) is 12.7. The van der Waals surface area contributed by atoms with Crippen LogP contribution in [-0.2, 0) is 9.59 Å². The topological polar surface area (TPSA) is 67.3 Å². The molecule has 0 saturated heterocycles. The lowest BCUT2D eigenvalue weighted by Crippen LogP contribution is -2.09. The van der Waals surface area contributed by atoms with E-state index in [0.29, 0.717) is 19.3 Å². The van der Waals surface area contributed by atoms with E-state index < -0.39 is 5.97 Å². The molecular formula is C21H33NO3S. The number of allylic oxidation sites excluding steroid dienone is 1. The number of Topliss-reactive ketones (excluding diaryl/α,β-unsaturated/α-hetero) is 1. The van der Waals surface area contributed by atoms with Crippen LogP contribution in [0.4, 0.5) is 0 Å². The van der Waals surface area contributed by atoms with Gasteiger partial charge in [0, 0.05) is 30.6 Å². The SMILES string of the molecule is C=CCCCCCCCCC(CC(=O)CCCC(=O)O)c1csc(C)n1. The number of nitrogens with zero attached hydrogens (tertiary/aromatic N) is 1. The Hall–Kier alpha value is -1.49. The van der Waals surface area contributed by atoms with Crippen LogP contribution in [0, 0.1) is 6.92 Å². The first-order valence-electron chi connectivity index (χ1n) is 9.79. The maximum absolute atomic E-state index is 12.2. The average Bonchev–Trinajstić information content (AvgIpc) is 3.02. The molecule has 1 aromatic heterocycles. The predicted octanol–water partition coefficient (Wildman–Crippen LogP) is 6.06. The third-order valence-corrected chi connectivity index (χ3v) is 5.38. The van der Waals surface area contributed by atoms with Gasteiger partial charge in [-0.2, -0.15) is 0 Å². The second kappa shape index (κ2) is 13.7. The monoisotopic (exact) mass is 379 g/mol. The Bertz CT molecular complexity index is 553. The Kier molecular flexibility index (Phi) is 11.9. The molecule has 0 spiro atoms. The molecule has 0 fully saturated rings. The molecule has 26 heavy (non-hydrogen) atoms. The highest BCUT2D eigenvalue weighted by Crippen LogP contribution is 2.28. The molecule has 0 radical (unpaired) electrons.